The third-order valence-electron chi connectivity index (χ3n) is 4.01. The molecule has 1 N–H and O–H groups in total. The smallest absolute Gasteiger partial charge is 0.266 e. The Morgan fingerprint density at radius 3 is 2.62 bits per heavy atom. The maximum atomic E-state index is 12.6. The fourth-order valence-corrected chi connectivity index (χ4v) is 3.00. The molecule has 0 saturated carbocycles. The number of nitrogens with one attached hydrogen (secondary N) is 1. The first-order valence-electron chi connectivity index (χ1n) is 9.53. The van der Waals surface area contributed by atoms with E-state index >= 15 is 0 Å². The van der Waals surface area contributed by atoms with Crippen LogP contribution in [0.25, 0.3) is 6.08 Å². The summed E-state index contributed by atoms with van der Waals surface area (Å²) in [5, 5.41) is 12.7. The SMILES string of the molecule is CCOc1cc(/C=C(\C#N)C(=O)Nc2ccccc2CC)cc(Cl)c1OC(C)C. The van der Waals surface area contributed by atoms with Crippen LogP contribution in [0.3, 0.4) is 0 Å². The lowest BCUT2D eigenvalue weighted by atomic mass is 10.1. The molecule has 0 aliphatic rings. The molecule has 2 aromatic rings. The number of nitriles is 1. The number of anilines is 1. The van der Waals surface area contributed by atoms with Crippen molar-refractivity contribution in [2.24, 2.45) is 0 Å². The Balaban J connectivity index is 2.36. The summed E-state index contributed by atoms with van der Waals surface area (Å²) in [6.45, 7) is 8.08. The highest BCUT2D eigenvalue weighted by Gasteiger charge is 2.16. The maximum Gasteiger partial charge on any atom is 0.266 e. The van der Waals surface area contributed by atoms with Gasteiger partial charge in [0.25, 0.3) is 5.91 Å². The quantitative estimate of drug-likeness (QED) is 0.450. The summed E-state index contributed by atoms with van der Waals surface area (Å²) in [7, 11) is 0. The standard InChI is InChI=1S/C23H25ClN2O3/c1-5-17-9-7-8-10-20(17)26-23(27)18(14-25)11-16-12-19(24)22(29-15(3)4)21(13-16)28-6-2/h7-13,15H,5-6H2,1-4H3,(H,26,27)/b18-11+. The van der Waals surface area contributed by atoms with Crippen LogP contribution in [0.1, 0.15) is 38.8 Å². The van der Waals surface area contributed by atoms with Crippen molar-refractivity contribution >= 4 is 29.3 Å². The number of halogens is 1. The molecule has 0 bridgehead atoms. The van der Waals surface area contributed by atoms with E-state index in [4.69, 9.17) is 21.1 Å². The van der Waals surface area contributed by atoms with E-state index in [1.165, 1.54) is 6.08 Å². The second kappa shape index (κ2) is 10.5. The summed E-state index contributed by atoms with van der Waals surface area (Å²) in [5.41, 5.74) is 2.22. The molecule has 0 fully saturated rings. The molecule has 0 heterocycles. The van der Waals surface area contributed by atoms with E-state index < -0.39 is 5.91 Å². The van der Waals surface area contributed by atoms with E-state index in [0.29, 0.717) is 34.4 Å². The lowest BCUT2D eigenvalue weighted by Crippen LogP contribution is -2.14. The summed E-state index contributed by atoms with van der Waals surface area (Å²) in [6, 6.07) is 12.8. The first-order valence-corrected chi connectivity index (χ1v) is 9.91. The second-order valence-corrected chi connectivity index (χ2v) is 6.97. The molecule has 2 aromatic carbocycles. The fraction of sp³-hybridized carbons (Fsp3) is 0.304. The summed E-state index contributed by atoms with van der Waals surface area (Å²) in [5.74, 6) is 0.430. The number of carbonyl (C=O) groups is 1. The molecule has 1 amide bonds. The number of rotatable bonds is 8. The van der Waals surface area contributed by atoms with Crippen molar-refractivity contribution in [3.05, 3.63) is 58.1 Å². The molecule has 0 atom stereocenters. The first-order chi connectivity index (χ1) is 13.9. The van der Waals surface area contributed by atoms with Crippen LogP contribution in [0, 0.1) is 11.3 Å². The molecule has 0 spiro atoms. The molecule has 29 heavy (non-hydrogen) atoms. The number of nitrogens with zero attached hydrogens (tertiary/aromatic N) is 1. The van der Waals surface area contributed by atoms with E-state index in [9.17, 15) is 10.1 Å². The number of amides is 1. The lowest BCUT2D eigenvalue weighted by Gasteiger charge is -2.16. The van der Waals surface area contributed by atoms with Crippen LogP contribution in [0.2, 0.25) is 5.02 Å². The highest BCUT2D eigenvalue weighted by Crippen LogP contribution is 2.38. The molecule has 0 saturated heterocycles. The average Bonchev–Trinajstić information content (AvgIpc) is 2.69. The summed E-state index contributed by atoms with van der Waals surface area (Å²) in [4.78, 5) is 12.6. The Morgan fingerprint density at radius 2 is 2.00 bits per heavy atom. The van der Waals surface area contributed by atoms with Crippen LogP contribution >= 0.6 is 11.6 Å². The van der Waals surface area contributed by atoms with Crippen molar-refractivity contribution in [3.63, 3.8) is 0 Å². The van der Waals surface area contributed by atoms with E-state index in [1.807, 2.05) is 58.0 Å². The van der Waals surface area contributed by atoms with Gasteiger partial charge in [-0.2, -0.15) is 5.26 Å². The second-order valence-electron chi connectivity index (χ2n) is 6.56. The van der Waals surface area contributed by atoms with E-state index in [0.717, 1.165) is 12.0 Å². The molecule has 152 valence electrons. The molecule has 0 radical (unpaired) electrons. The Labute approximate surface area is 176 Å². The van der Waals surface area contributed by atoms with Gasteiger partial charge in [-0.05, 0) is 62.6 Å². The number of para-hydroxylation sites is 1. The minimum absolute atomic E-state index is 0.0352. The normalized spacial score (nSPS) is 11.1. The van der Waals surface area contributed by atoms with E-state index in [1.54, 1.807) is 12.1 Å². The summed E-state index contributed by atoms with van der Waals surface area (Å²) < 4.78 is 11.4. The molecule has 6 heteroatoms. The number of benzene rings is 2. The van der Waals surface area contributed by atoms with Crippen LogP contribution in [-0.2, 0) is 11.2 Å². The minimum atomic E-state index is -0.481. The van der Waals surface area contributed by atoms with Gasteiger partial charge in [-0.25, -0.2) is 0 Å². The van der Waals surface area contributed by atoms with Crippen molar-refractivity contribution in [1.82, 2.24) is 0 Å². The zero-order valence-corrected chi connectivity index (χ0v) is 17.8. The van der Waals surface area contributed by atoms with Gasteiger partial charge in [-0.15, -0.1) is 0 Å². The third kappa shape index (κ3) is 6.00. The van der Waals surface area contributed by atoms with Crippen molar-refractivity contribution in [1.29, 1.82) is 5.26 Å². The molecular weight excluding hydrogens is 388 g/mol. The Hall–Kier alpha value is -2.97. The monoisotopic (exact) mass is 412 g/mol. The van der Waals surface area contributed by atoms with Gasteiger partial charge < -0.3 is 14.8 Å². The van der Waals surface area contributed by atoms with Gasteiger partial charge in [0.2, 0.25) is 0 Å². The zero-order chi connectivity index (χ0) is 21.4. The molecule has 0 aliphatic heterocycles. The van der Waals surface area contributed by atoms with Crippen molar-refractivity contribution in [3.8, 4) is 17.6 Å². The van der Waals surface area contributed by atoms with Gasteiger partial charge in [0.15, 0.2) is 11.5 Å². The molecule has 2 rings (SSSR count). The van der Waals surface area contributed by atoms with E-state index in [-0.39, 0.29) is 11.7 Å². The van der Waals surface area contributed by atoms with Gasteiger partial charge in [0.05, 0.1) is 17.7 Å². The van der Waals surface area contributed by atoms with Crippen LogP contribution in [0.5, 0.6) is 11.5 Å². The van der Waals surface area contributed by atoms with Gasteiger partial charge in [-0.3, -0.25) is 4.79 Å². The van der Waals surface area contributed by atoms with E-state index in [2.05, 4.69) is 5.32 Å². The van der Waals surface area contributed by atoms with Crippen molar-refractivity contribution in [2.45, 2.75) is 40.2 Å². The number of aryl methyl sites for hydroxylation is 1. The van der Waals surface area contributed by atoms with Gasteiger partial charge in [0, 0.05) is 5.69 Å². The largest absolute Gasteiger partial charge is 0.490 e. The van der Waals surface area contributed by atoms with Crippen LogP contribution < -0.4 is 14.8 Å². The molecular formula is C23H25ClN2O3. The van der Waals surface area contributed by atoms with Gasteiger partial charge in [-0.1, -0.05) is 36.7 Å². The van der Waals surface area contributed by atoms with Crippen LogP contribution in [0.15, 0.2) is 42.0 Å². The maximum absolute atomic E-state index is 12.6. The number of carbonyl (C=O) groups excluding carboxylic acids is 1. The first kappa shape index (κ1) is 22.3. The van der Waals surface area contributed by atoms with Gasteiger partial charge in [0.1, 0.15) is 11.6 Å². The molecule has 0 aromatic heterocycles. The molecule has 5 nitrogen and oxygen atoms in total. The van der Waals surface area contributed by atoms with Crippen LogP contribution in [-0.4, -0.2) is 18.6 Å². The average molecular weight is 413 g/mol. The zero-order valence-electron chi connectivity index (χ0n) is 17.1. The predicted molar refractivity (Wildman–Crippen MR) is 116 cm³/mol. The molecule has 0 unspecified atom stereocenters. The lowest BCUT2D eigenvalue weighted by molar-refractivity contribution is -0.112. The topological polar surface area (TPSA) is 71.3 Å². The minimum Gasteiger partial charge on any atom is -0.490 e. The van der Waals surface area contributed by atoms with Crippen molar-refractivity contribution < 1.29 is 14.3 Å². The summed E-state index contributed by atoms with van der Waals surface area (Å²) in [6.07, 6.45) is 2.18. The third-order valence-corrected chi connectivity index (χ3v) is 4.29. The Bertz CT molecular complexity index is 946. The molecule has 0 aliphatic carbocycles. The highest BCUT2D eigenvalue weighted by molar-refractivity contribution is 6.32. The number of ether oxygens (including phenoxy) is 2. The Kier molecular flexibility index (Phi) is 8.11. The number of hydrogen-bond donors (Lipinski definition) is 1. The number of hydrogen-bond acceptors (Lipinski definition) is 4. The van der Waals surface area contributed by atoms with Crippen molar-refractivity contribution in [2.75, 3.05) is 11.9 Å². The Morgan fingerprint density at radius 1 is 1.28 bits per heavy atom. The predicted octanol–water partition coefficient (Wildman–Crippen LogP) is 5.63. The highest BCUT2D eigenvalue weighted by atomic mass is 35.5. The van der Waals surface area contributed by atoms with Gasteiger partial charge >= 0.3 is 0 Å². The summed E-state index contributed by atoms with van der Waals surface area (Å²) >= 11 is 6.37. The van der Waals surface area contributed by atoms with Crippen LogP contribution in [0.4, 0.5) is 5.69 Å². The fourth-order valence-electron chi connectivity index (χ4n) is 2.74.